The Labute approximate surface area is 120 Å². The van der Waals surface area contributed by atoms with E-state index in [2.05, 4.69) is 6.92 Å². The number of fused-ring (bicyclic) bond motifs is 1. The summed E-state index contributed by atoms with van der Waals surface area (Å²) in [6, 6.07) is 5.91. The van der Waals surface area contributed by atoms with Gasteiger partial charge in [0.05, 0.1) is 0 Å². The largest absolute Gasteiger partial charge is 0.486 e. The molecule has 0 aliphatic carbocycles. The number of carbonyl (C=O) groups is 1. The van der Waals surface area contributed by atoms with Crippen molar-refractivity contribution in [2.75, 3.05) is 26.8 Å². The molecule has 0 bridgehead atoms. The van der Waals surface area contributed by atoms with E-state index in [0.717, 1.165) is 42.9 Å². The quantitative estimate of drug-likeness (QED) is 0.802. The van der Waals surface area contributed by atoms with Gasteiger partial charge in [0.15, 0.2) is 11.5 Å². The molecule has 4 heteroatoms. The van der Waals surface area contributed by atoms with Gasteiger partial charge < -0.3 is 14.4 Å². The molecular weight excluding hydrogens is 254 g/mol. The van der Waals surface area contributed by atoms with Crippen molar-refractivity contribution in [1.82, 2.24) is 4.90 Å². The first-order chi connectivity index (χ1) is 9.70. The summed E-state index contributed by atoms with van der Waals surface area (Å²) >= 11 is 0. The number of amides is 1. The van der Waals surface area contributed by atoms with E-state index in [9.17, 15) is 4.79 Å². The summed E-state index contributed by atoms with van der Waals surface area (Å²) in [6.07, 6.45) is 3.46. The monoisotopic (exact) mass is 277 g/mol. The van der Waals surface area contributed by atoms with Gasteiger partial charge in [0, 0.05) is 20.0 Å². The lowest BCUT2D eigenvalue weighted by molar-refractivity contribution is -0.129. The van der Waals surface area contributed by atoms with E-state index in [0.29, 0.717) is 19.6 Å². The van der Waals surface area contributed by atoms with E-state index in [1.807, 2.05) is 30.1 Å². The number of benzene rings is 1. The number of nitrogens with zero attached hydrogens (tertiary/aromatic N) is 1. The maximum atomic E-state index is 12.0. The van der Waals surface area contributed by atoms with Gasteiger partial charge in [-0.2, -0.15) is 0 Å². The van der Waals surface area contributed by atoms with Gasteiger partial charge in [-0.3, -0.25) is 4.79 Å². The third kappa shape index (κ3) is 3.89. The van der Waals surface area contributed by atoms with Gasteiger partial charge in [-0.05, 0) is 30.5 Å². The molecular formula is C16H23NO3. The Hall–Kier alpha value is -1.71. The van der Waals surface area contributed by atoms with Gasteiger partial charge in [-0.25, -0.2) is 0 Å². The van der Waals surface area contributed by atoms with Gasteiger partial charge in [0.1, 0.15) is 13.2 Å². The number of hydrogen-bond acceptors (Lipinski definition) is 3. The second-order valence-electron chi connectivity index (χ2n) is 5.15. The minimum Gasteiger partial charge on any atom is -0.486 e. The average Bonchev–Trinajstić information content (AvgIpc) is 2.50. The molecule has 1 heterocycles. The molecule has 4 nitrogen and oxygen atoms in total. The predicted octanol–water partition coefficient (Wildman–Crippen LogP) is 2.65. The Morgan fingerprint density at radius 3 is 2.75 bits per heavy atom. The number of ether oxygens (including phenoxy) is 2. The zero-order chi connectivity index (χ0) is 14.4. The molecule has 0 saturated carbocycles. The van der Waals surface area contributed by atoms with Crippen molar-refractivity contribution in [3.05, 3.63) is 23.8 Å². The zero-order valence-electron chi connectivity index (χ0n) is 12.4. The van der Waals surface area contributed by atoms with Gasteiger partial charge in [-0.1, -0.05) is 19.4 Å². The van der Waals surface area contributed by atoms with Crippen LogP contribution in [0.15, 0.2) is 18.2 Å². The summed E-state index contributed by atoms with van der Waals surface area (Å²) in [5.74, 6) is 1.79. The number of carbonyl (C=O) groups excluding carboxylic acids is 1. The number of rotatable bonds is 6. The normalized spacial score (nSPS) is 13.1. The van der Waals surface area contributed by atoms with Gasteiger partial charge in [-0.15, -0.1) is 0 Å². The molecule has 1 aromatic carbocycles. The highest BCUT2D eigenvalue weighted by atomic mass is 16.6. The Kier molecular flexibility index (Phi) is 5.27. The molecule has 110 valence electrons. The molecule has 1 aromatic rings. The van der Waals surface area contributed by atoms with Crippen LogP contribution in [0.2, 0.25) is 0 Å². The van der Waals surface area contributed by atoms with Crippen LogP contribution in [0.1, 0.15) is 31.7 Å². The first kappa shape index (κ1) is 14.7. The van der Waals surface area contributed by atoms with E-state index in [-0.39, 0.29) is 5.91 Å². The Morgan fingerprint density at radius 1 is 1.25 bits per heavy atom. The molecule has 0 radical (unpaired) electrons. The Balaban J connectivity index is 1.86. The van der Waals surface area contributed by atoms with Crippen LogP contribution in [-0.2, 0) is 11.2 Å². The maximum absolute atomic E-state index is 12.0. The van der Waals surface area contributed by atoms with Gasteiger partial charge in [0.25, 0.3) is 0 Å². The number of hydrogen-bond donors (Lipinski definition) is 0. The van der Waals surface area contributed by atoms with E-state index in [1.54, 1.807) is 0 Å². The summed E-state index contributed by atoms with van der Waals surface area (Å²) in [7, 11) is 1.88. The van der Waals surface area contributed by atoms with E-state index in [1.165, 1.54) is 0 Å². The Morgan fingerprint density at radius 2 is 2.00 bits per heavy atom. The number of unbranched alkanes of at least 4 members (excludes halogenated alkanes) is 1. The molecule has 0 saturated heterocycles. The first-order valence-corrected chi connectivity index (χ1v) is 7.33. The predicted molar refractivity (Wildman–Crippen MR) is 78.3 cm³/mol. The van der Waals surface area contributed by atoms with Crippen molar-refractivity contribution in [2.24, 2.45) is 0 Å². The van der Waals surface area contributed by atoms with Crippen LogP contribution in [0.3, 0.4) is 0 Å². The molecule has 0 atom stereocenters. The highest BCUT2D eigenvalue weighted by Gasteiger charge is 2.13. The first-order valence-electron chi connectivity index (χ1n) is 7.33. The van der Waals surface area contributed by atoms with Crippen LogP contribution in [0.4, 0.5) is 0 Å². The second-order valence-corrected chi connectivity index (χ2v) is 5.15. The van der Waals surface area contributed by atoms with E-state index < -0.39 is 0 Å². The summed E-state index contributed by atoms with van der Waals surface area (Å²) in [5, 5.41) is 0. The highest BCUT2D eigenvalue weighted by molar-refractivity contribution is 5.76. The van der Waals surface area contributed by atoms with E-state index >= 15 is 0 Å². The molecule has 2 rings (SSSR count). The minimum atomic E-state index is 0.202. The smallest absolute Gasteiger partial charge is 0.222 e. The van der Waals surface area contributed by atoms with Crippen LogP contribution in [0, 0.1) is 0 Å². The summed E-state index contributed by atoms with van der Waals surface area (Å²) in [4.78, 5) is 13.8. The fourth-order valence-electron chi connectivity index (χ4n) is 2.21. The van der Waals surface area contributed by atoms with Crippen LogP contribution in [0.25, 0.3) is 0 Å². The van der Waals surface area contributed by atoms with Gasteiger partial charge >= 0.3 is 0 Å². The lowest BCUT2D eigenvalue weighted by Gasteiger charge is -2.19. The van der Waals surface area contributed by atoms with Crippen molar-refractivity contribution in [2.45, 2.75) is 32.6 Å². The molecule has 0 unspecified atom stereocenters. The van der Waals surface area contributed by atoms with Crippen molar-refractivity contribution >= 4 is 5.91 Å². The van der Waals surface area contributed by atoms with Crippen LogP contribution in [-0.4, -0.2) is 37.6 Å². The third-order valence-electron chi connectivity index (χ3n) is 3.51. The van der Waals surface area contributed by atoms with Crippen molar-refractivity contribution in [3.8, 4) is 11.5 Å². The topological polar surface area (TPSA) is 38.8 Å². The van der Waals surface area contributed by atoms with E-state index in [4.69, 9.17) is 9.47 Å². The fourth-order valence-corrected chi connectivity index (χ4v) is 2.21. The molecule has 1 aliphatic heterocycles. The molecule has 0 fully saturated rings. The molecule has 0 aromatic heterocycles. The summed E-state index contributed by atoms with van der Waals surface area (Å²) < 4.78 is 11.0. The SMILES string of the molecule is CCCCN(C)C(=O)CCc1ccc2c(c1)OCCO2. The Bertz CT molecular complexity index is 459. The third-order valence-corrected chi connectivity index (χ3v) is 3.51. The minimum absolute atomic E-state index is 0.202. The summed E-state index contributed by atoms with van der Waals surface area (Å²) in [5.41, 5.74) is 1.12. The average molecular weight is 277 g/mol. The van der Waals surface area contributed by atoms with Crippen LogP contribution < -0.4 is 9.47 Å². The molecule has 0 N–H and O–H groups in total. The van der Waals surface area contributed by atoms with Crippen LogP contribution in [0.5, 0.6) is 11.5 Å². The van der Waals surface area contributed by atoms with Crippen LogP contribution >= 0.6 is 0 Å². The molecule has 20 heavy (non-hydrogen) atoms. The zero-order valence-corrected chi connectivity index (χ0v) is 12.4. The standard InChI is InChI=1S/C16H23NO3/c1-3-4-9-17(2)16(18)8-6-13-5-7-14-15(12-13)20-11-10-19-14/h5,7,12H,3-4,6,8-11H2,1-2H3. The maximum Gasteiger partial charge on any atom is 0.222 e. The number of aryl methyl sites for hydroxylation is 1. The molecule has 1 aliphatic rings. The fraction of sp³-hybridized carbons (Fsp3) is 0.562. The van der Waals surface area contributed by atoms with Crippen molar-refractivity contribution in [1.29, 1.82) is 0 Å². The molecule has 0 spiro atoms. The summed E-state index contributed by atoms with van der Waals surface area (Å²) in [6.45, 7) is 4.17. The lowest BCUT2D eigenvalue weighted by atomic mass is 10.1. The second kappa shape index (κ2) is 7.17. The van der Waals surface area contributed by atoms with Crippen molar-refractivity contribution in [3.63, 3.8) is 0 Å². The van der Waals surface area contributed by atoms with Crippen molar-refractivity contribution < 1.29 is 14.3 Å². The lowest BCUT2D eigenvalue weighted by Crippen LogP contribution is -2.27. The van der Waals surface area contributed by atoms with Gasteiger partial charge in [0.2, 0.25) is 5.91 Å². The molecule has 1 amide bonds. The highest BCUT2D eigenvalue weighted by Crippen LogP contribution is 2.31.